The van der Waals surface area contributed by atoms with Gasteiger partial charge in [0.15, 0.2) is 0 Å². The molecule has 4 nitrogen and oxygen atoms in total. The molecule has 0 radical (unpaired) electrons. The lowest BCUT2D eigenvalue weighted by Crippen LogP contribution is -2.27. The van der Waals surface area contributed by atoms with Crippen molar-refractivity contribution in [3.63, 3.8) is 0 Å². The molecule has 1 unspecified atom stereocenters. The van der Waals surface area contributed by atoms with Crippen LogP contribution in [0, 0.1) is 6.92 Å². The van der Waals surface area contributed by atoms with Gasteiger partial charge in [0.2, 0.25) is 0 Å². The molecular formula is C17H23N3O. The first-order valence-electron chi connectivity index (χ1n) is 7.48. The van der Waals surface area contributed by atoms with Gasteiger partial charge in [-0.05, 0) is 44.9 Å². The Labute approximate surface area is 126 Å². The number of rotatable bonds is 5. The summed E-state index contributed by atoms with van der Waals surface area (Å²) in [4.78, 5) is 12.3. The average molecular weight is 285 g/mol. The van der Waals surface area contributed by atoms with E-state index in [1.807, 2.05) is 49.0 Å². The highest BCUT2D eigenvalue weighted by molar-refractivity contribution is 5.94. The monoisotopic (exact) mass is 285 g/mol. The summed E-state index contributed by atoms with van der Waals surface area (Å²) in [6, 6.07) is 7.70. The van der Waals surface area contributed by atoms with Gasteiger partial charge in [-0.25, -0.2) is 0 Å². The molecule has 2 rings (SSSR count). The van der Waals surface area contributed by atoms with E-state index in [4.69, 9.17) is 0 Å². The van der Waals surface area contributed by atoms with Crippen LogP contribution in [0.5, 0.6) is 0 Å². The number of amides is 1. The summed E-state index contributed by atoms with van der Waals surface area (Å²) >= 11 is 0. The Morgan fingerprint density at radius 1 is 1.29 bits per heavy atom. The molecule has 2 aromatic rings. The van der Waals surface area contributed by atoms with E-state index < -0.39 is 0 Å². The van der Waals surface area contributed by atoms with Crippen molar-refractivity contribution in [2.45, 2.75) is 46.7 Å². The summed E-state index contributed by atoms with van der Waals surface area (Å²) in [5.74, 6) is -0.0474. The number of hydrogen-bond donors (Lipinski definition) is 1. The lowest BCUT2D eigenvalue weighted by molar-refractivity contribution is 0.0940. The topological polar surface area (TPSA) is 46.9 Å². The Hall–Kier alpha value is -2.10. The maximum atomic E-state index is 12.3. The molecule has 0 saturated carbocycles. The molecule has 0 aliphatic carbocycles. The lowest BCUT2D eigenvalue weighted by Gasteiger charge is -2.14. The second-order valence-electron chi connectivity index (χ2n) is 5.25. The zero-order chi connectivity index (χ0) is 15.4. The summed E-state index contributed by atoms with van der Waals surface area (Å²) in [7, 11) is 0. The highest BCUT2D eigenvalue weighted by atomic mass is 16.1. The Morgan fingerprint density at radius 2 is 1.95 bits per heavy atom. The van der Waals surface area contributed by atoms with Crippen LogP contribution in [0.1, 0.15) is 54.0 Å². The lowest BCUT2D eigenvalue weighted by atomic mass is 10.1. The van der Waals surface area contributed by atoms with E-state index >= 15 is 0 Å². The maximum Gasteiger partial charge on any atom is 0.251 e. The zero-order valence-electron chi connectivity index (χ0n) is 13.2. The predicted molar refractivity (Wildman–Crippen MR) is 84.3 cm³/mol. The molecule has 0 aliphatic rings. The van der Waals surface area contributed by atoms with Crippen molar-refractivity contribution in [3.8, 4) is 0 Å². The van der Waals surface area contributed by atoms with Gasteiger partial charge < -0.3 is 5.32 Å². The number of aromatic nitrogens is 2. The van der Waals surface area contributed by atoms with Crippen LogP contribution in [0.2, 0.25) is 0 Å². The molecule has 1 amide bonds. The van der Waals surface area contributed by atoms with Crippen molar-refractivity contribution >= 4 is 5.91 Å². The van der Waals surface area contributed by atoms with Crippen LogP contribution >= 0.6 is 0 Å². The van der Waals surface area contributed by atoms with Gasteiger partial charge >= 0.3 is 0 Å². The first-order chi connectivity index (χ1) is 10.1. The number of aryl methyl sites for hydroxylation is 2. The van der Waals surface area contributed by atoms with Crippen LogP contribution in [0.3, 0.4) is 0 Å². The molecule has 0 bridgehead atoms. The van der Waals surface area contributed by atoms with Crippen LogP contribution < -0.4 is 5.32 Å². The highest BCUT2D eigenvalue weighted by Gasteiger charge is 2.15. The van der Waals surface area contributed by atoms with Gasteiger partial charge in [-0.1, -0.05) is 19.1 Å². The van der Waals surface area contributed by atoms with Gasteiger partial charge in [0.1, 0.15) is 0 Å². The number of hydrogen-bond acceptors (Lipinski definition) is 2. The number of nitrogens with one attached hydrogen (secondary N) is 1. The summed E-state index contributed by atoms with van der Waals surface area (Å²) < 4.78 is 1.94. The first-order valence-corrected chi connectivity index (χ1v) is 7.48. The molecule has 0 fully saturated rings. The van der Waals surface area contributed by atoms with Crippen molar-refractivity contribution in [2.24, 2.45) is 0 Å². The molecule has 112 valence electrons. The van der Waals surface area contributed by atoms with Gasteiger partial charge in [0, 0.05) is 23.4 Å². The van der Waals surface area contributed by atoms with Crippen molar-refractivity contribution in [2.75, 3.05) is 0 Å². The fraction of sp³-hybridized carbons (Fsp3) is 0.412. The van der Waals surface area contributed by atoms with Crippen molar-refractivity contribution in [1.82, 2.24) is 15.1 Å². The third kappa shape index (κ3) is 3.32. The molecule has 1 N–H and O–H groups in total. The number of carbonyl (C=O) groups is 1. The van der Waals surface area contributed by atoms with E-state index in [-0.39, 0.29) is 11.9 Å². The summed E-state index contributed by atoms with van der Waals surface area (Å²) in [5.41, 5.74) is 4.10. The standard InChI is InChI=1S/C17H23N3O/c1-5-14-7-9-15(10-8-14)17(21)19-12(3)16-11-18-20(6-2)13(16)4/h7-12H,5-6H2,1-4H3,(H,19,21). The SMILES string of the molecule is CCc1ccc(C(=O)NC(C)c2cnn(CC)c2C)cc1. The number of carbonyl (C=O) groups excluding carboxylic acids is 1. The second-order valence-corrected chi connectivity index (χ2v) is 5.25. The quantitative estimate of drug-likeness (QED) is 0.916. The highest BCUT2D eigenvalue weighted by Crippen LogP contribution is 2.17. The van der Waals surface area contributed by atoms with Crippen molar-refractivity contribution in [1.29, 1.82) is 0 Å². The zero-order valence-corrected chi connectivity index (χ0v) is 13.2. The van der Waals surface area contributed by atoms with Crippen LogP contribution in [0.15, 0.2) is 30.5 Å². The van der Waals surface area contributed by atoms with Crippen molar-refractivity contribution < 1.29 is 4.79 Å². The van der Waals surface area contributed by atoms with E-state index in [0.717, 1.165) is 24.2 Å². The molecule has 1 aromatic heterocycles. The smallest absolute Gasteiger partial charge is 0.251 e. The predicted octanol–water partition coefficient (Wildman–Crippen LogP) is 3.26. The van der Waals surface area contributed by atoms with E-state index in [1.165, 1.54) is 5.56 Å². The van der Waals surface area contributed by atoms with Crippen molar-refractivity contribution in [3.05, 3.63) is 52.8 Å². The molecule has 21 heavy (non-hydrogen) atoms. The molecule has 1 heterocycles. The molecule has 0 aliphatic heterocycles. The van der Waals surface area contributed by atoms with Crippen LogP contribution in [0.25, 0.3) is 0 Å². The van der Waals surface area contributed by atoms with Gasteiger partial charge in [0.05, 0.1) is 12.2 Å². The van der Waals surface area contributed by atoms with E-state index in [0.29, 0.717) is 5.56 Å². The summed E-state index contributed by atoms with van der Waals surface area (Å²) in [5, 5.41) is 7.36. The Bertz CT molecular complexity index is 613. The summed E-state index contributed by atoms with van der Waals surface area (Å²) in [6.07, 6.45) is 2.82. The van der Waals surface area contributed by atoms with Gasteiger partial charge in [-0.3, -0.25) is 9.48 Å². The molecule has 0 spiro atoms. The van der Waals surface area contributed by atoms with Crippen LogP contribution in [-0.4, -0.2) is 15.7 Å². The minimum absolute atomic E-state index is 0.0474. The van der Waals surface area contributed by atoms with Gasteiger partial charge in [-0.2, -0.15) is 5.10 Å². The number of nitrogens with zero attached hydrogens (tertiary/aromatic N) is 2. The number of benzene rings is 1. The van der Waals surface area contributed by atoms with Gasteiger partial charge in [0.25, 0.3) is 5.91 Å². The van der Waals surface area contributed by atoms with Gasteiger partial charge in [-0.15, -0.1) is 0 Å². The summed E-state index contributed by atoms with van der Waals surface area (Å²) in [6.45, 7) is 9.02. The molecule has 4 heteroatoms. The van der Waals surface area contributed by atoms with Crippen LogP contribution in [0.4, 0.5) is 0 Å². The maximum absolute atomic E-state index is 12.3. The fourth-order valence-corrected chi connectivity index (χ4v) is 2.45. The minimum Gasteiger partial charge on any atom is -0.345 e. The molecular weight excluding hydrogens is 262 g/mol. The van der Waals surface area contributed by atoms with E-state index in [1.54, 1.807) is 0 Å². The molecule has 1 atom stereocenters. The molecule has 1 aromatic carbocycles. The Balaban J connectivity index is 2.08. The van der Waals surface area contributed by atoms with E-state index in [2.05, 4.69) is 24.3 Å². The largest absolute Gasteiger partial charge is 0.345 e. The van der Waals surface area contributed by atoms with Crippen LogP contribution in [-0.2, 0) is 13.0 Å². The fourth-order valence-electron chi connectivity index (χ4n) is 2.45. The second kappa shape index (κ2) is 6.57. The third-order valence-electron chi connectivity index (χ3n) is 3.88. The normalized spacial score (nSPS) is 12.2. The molecule has 0 saturated heterocycles. The Morgan fingerprint density at radius 3 is 2.48 bits per heavy atom. The average Bonchev–Trinajstić information content (AvgIpc) is 2.88. The Kier molecular flexibility index (Phi) is 4.78. The first kappa shape index (κ1) is 15.3. The minimum atomic E-state index is -0.0522. The van der Waals surface area contributed by atoms with E-state index in [9.17, 15) is 4.79 Å². The third-order valence-corrected chi connectivity index (χ3v) is 3.88.